The molecule has 0 bridgehead atoms. The third-order valence-corrected chi connectivity index (χ3v) is 3.47. The normalized spacial score (nSPS) is 19.4. The van der Waals surface area contributed by atoms with E-state index in [1.165, 1.54) is 0 Å². The topological polar surface area (TPSA) is 95.5 Å². The van der Waals surface area contributed by atoms with Gasteiger partial charge in [0.15, 0.2) is 0 Å². The van der Waals surface area contributed by atoms with Gasteiger partial charge in [-0.05, 0) is 18.3 Å². The lowest BCUT2D eigenvalue weighted by atomic mass is 9.88. The Bertz CT molecular complexity index is 367. The monoisotopic (exact) mass is 250 g/mol. The lowest BCUT2D eigenvalue weighted by Crippen LogP contribution is -2.52. The fourth-order valence-electron chi connectivity index (χ4n) is 1.21. The van der Waals surface area contributed by atoms with Crippen LogP contribution in [0.5, 0.6) is 0 Å². The quantitative estimate of drug-likeness (QED) is 0.643. The molecule has 1 fully saturated rings. The van der Waals surface area contributed by atoms with Crippen LogP contribution in [-0.2, 0) is 15.0 Å². The molecule has 1 saturated carbocycles. The molecule has 16 heavy (non-hydrogen) atoms. The van der Waals surface area contributed by atoms with Crippen LogP contribution in [0.4, 0.5) is 0 Å². The summed E-state index contributed by atoms with van der Waals surface area (Å²) in [5.41, 5.74) is -0.676. The van der Waals surface area contributed by atoms with Crippen molar-refractivity contribution in [1.82, 2.24) is 9.44 Å². The maximum Gasteiger partial charge on any atom is 0.322 e. The highest BCUT2D eigenvalue weighted by molar-refractivity contribution is 7.87. The number of nitrogens with one attached hydrogen (secondary N) is 2. The molecule has 0 amide bonds. The molecule has 0 radical (unpaired) electrons. The van der Waals surface area contributed by atoms with Gasteiger partial charge >= 0.3 is 5.97 Å². The molecule has 0 saturated heterocycles. The van der Waals surface area contributed by atoms with Gasteiger partial charge in [0.1, 0.15) is 6.04 Å². The molecular weight excluding hydrogens is 232 g/mol. The van der Waals surface area contributed by atoms with Crippen molar-refractivity contribution in [3.63, 3.8) is 0 Å². The maximum atomic E-state index is 11.6. The smallest absolute Gasteiger partial charge is 0.322 e. The molecule has 1 atom stereocenters. The first-order valence-corrected chi connectivity index (χ1v) is 6.62. The van der Waals surface area contributed by atoms with Gasteiger partial charge in [-0.2, -0.15) is 17.9 Å². The number of rotatable bonds is 5. The molecule has 1 rings (SSSR count). The zero-order valence-electron chi connectivity index (χ0n) is 9.65. The first kappa shape index (κ1) is 13.4. The van der Waals surface area contributed by atoms with E-state index < -0.39 is 27.6 Å². The van der Waals surface area contributed by atoms with Crippen LogP contribution >= 0.6 is 0 Å². The van der Waals surface area contributed by atoms with E-state index in [0.717, 1.165) is 12.8 Å². The summed E-state index contributed by atoms with van der Waals surface area (Å²) in [4.78, 5) is 11.0. The van der Waals surface area contributed by atoms with Crippen LogP contribution in [0.15, 0.2) is 0 Å². The average molecular weight is 250 g/mol. The minimum absolute atomic E-state index is 0.0353. The van der Waals surface area contributed by atoms with Gasteiger partial charge in [-0.3, -0.25) is 4.79 Å². The van der Waals surface area contributed by atoms with Crippen LogP contribution in [0.3, 0.4) is 0 Å². The SMILES string of the molecule is CC(C)(C)[C@H](NS(=O)(=O)NC1CC1)C(=O)O. The van der Waals surface area contributed by atoms with Crippen molar-refractivity contribution in [3.8, 4) is 0 Å². The Kier molecular flexibility index (Phi) is 3.61. The molecule has 94 valence electrons. The van der Waals surface area contributed by atoms with E-state index in [2.05, 4.69) is 9.44 Å². The van der Waals surface area contributed by atoms with Crippen LogP contribution in [0.25, 0.3) is 0 Å². The van der Waals surface area contributed by atoms with E-state index in [-0.39, 0.29) is 6.04 Å². The highest BCUT2D eigenvalue weighted by atomic mass is 32.2. The van der Waals surface area contributed by atoms with Crippen molar-refractivity contribution < 1.29 is 18.3 Å². The summed E-state index contributed by atoms with van der Waals surface area (Å²) in [6, 6.07) is -1.17. The molecule has 0 aliphatic heterocycles. The molecule has 0 aromatic heterocycles. The second-order valence-electron chi connectivity index (χ2n) is 5.15. The summed E-state index contributed by atoms with van der Waals surface area (Å²) in [6.45, 7) is 5.02. The van der Waals surface area contributed by atoms with Gasteiger partial charge in [0.25, 0.3) is 10.2 Å². The van der Waals surface area contributed by atoms with Gasteiger partial charge in [0.05, 0.1) is 0 Å². The molecule has 0 spiro atoms. The van der Waals surface area contributed by atoms with E-state index in [9.17, 15) is 13.2 Å². The number of carboxylic acids is 1. The molecule has 7 heteroatoms. The largest absolute Gasteiger partial charge is 0.480 e. The van der Waals surface area contributed by atoms with Gasteiger partial charge < -0.3 is 5.11 Å². The lowest BCUT2D eigenvalue weighted by Gasteiger charge is -2.27. The van der Waals surface area contributed by atoms with Crippen LogP contribution in [0.2, 0.25) is 0 Å². The van der Waals surface area contributed by atoms with E-state index in [1.54, 1.807) is 20.8 Å². The van der Waals surface area contributed by atoms with Crippen LogP contribution in [0, 0.1) is 5.41 Å². The van der Waals surface area contributed by atoms with E-state index in [4.69, 9.17) is 5.11 Å². The fourth-order valence-corrected chi connectivity index (χ4v) is 2.71. The molecule has 0 unspecified atom stereocenters. The zero-order valence-corrected chi connectivity index (χ0v) is 10.5. The Balaban J connectivity index is 2.70. The number of hydrogen-bond acceptors (Lipinski definition) is 3. The Hall–Kier alpha value is -0.660. The summed E-state index contributed by atoms with van der Waals surface area (Å²) in [5.74, 6) is -1.17. The predicted molar refractivity (Wildman–Crippen MR) is 59.1 cm³/mol. The fraction of sp³-hybridized carbons (Fsp3) is 0.889. The van der Waals surface area contributed by atoms with Crippen LogP contribution in [0.1, 0.15) is 33.6 Å². The highest BCUT2D eigenvalue weighted by Crippen LogP contribution is 2.22. The van der Waals surface area contributed by atoms with E-state index in [0.29, 0.717) is 0 Å². The summed E-state index contributed by atoms with van der Waals surface area (Å²) < 4.78 is 27.7. The number of hydrogen-bond donors (Lipinski definition) is 3. The second-order valence-corrected chi connectivity index (χ2v) is 6.63. The van der Waals surface area contributed by atoms with Gasteiger partial charge in [-0.1, -0.05) is 20.8 Å². The lowest BCUT2D eigenvalue weighted by molar-refractivity contribution is -0.141. The molecule has 0 aromatic rings. The Labute approximate surface area is 95.6 Å². The van der Waals surface area contributed by atoms with Gasteiger partial charge in [-0.25, -0.2) is 0 Å². The van der Waals surface area contributed by atoms with Crippen LogP contribution in [-0.4, -0.2) is 31.6 Å². The Morgan fingerprint density at radius 3 is 2.19 bits per heavy atom. The second kappa shape index (κ2) is 4.31. The van der Waals surface area contributed by atoms with Crippen molar-refractivity contribution >= 4 is 16.2 Å². The van der Waals surface area contributed by atoms with Crippen molar-refractivity contribution in [2.45, 2.75) is 45.7 Å². The van der Waals surface area contributed by atoms with Gasteiger partial charge in [-0.15, -0.1) is 0 Å². The number of carbonyl (C=O) groups is 1. The molecule has 0 aromatic carbocycles. The summed E-state index contributed by atoms with van der Waals surface area (Å²) in [6.07, 6.45) is 1.63. The third kappa shape index (κ3) is 4.07. The minimum Gasteiger partial charge on any atom is -0.480 e. The Morgan fingerprint density at radius 1 is 1.38 bits per heavy atom. The van der Waals surface area contributed by atoms with E-state index >= 15 is 0 Å². The molecule has 1 aliphatic rings. The summed E-state index contributed by atoms with van der Waals surface area (Å²) in [7, 11) is -3.73. The molecule has 3 N–H and O–H groups in total. The first-order chi connectivity index (χ1) is 7.12. The van der Waals surface area contributed by atoms with Gasteiger partial charge in [0.2, 0.25) is 0 Å². The standard InChI is InChI=1S/C9H18N2O4S/c1-9(2,3)7(8(12)13)11-16(14,15)10-6-4-5-6/h6-7,10-11H,4-5H2,1-3H3,(H,12,13)/t7-/m1/s1. The molecular formula is C9H18N2O4S. The highest BCUT2D eigenvalue weighted by Gasteiger charge is 2.36. The van der Waals surface area contributed by atoms with Crippen LogP contribution < -0.4 is 9.44 Å². The summed E-state index contributed by atoms with van der Waals surface area (Å²) in [5, 5.41) is 8.97. The number of aliphatic carboxylic acids is 1. The zero-order chi connectivity index (χ0) is 12.6. The molecule has 6 nitrogen and oxygen atoms in total. The van der Waals surface area contributed by atoms with Crippen molar-refractivity contribution in [2.75, 3.05) is 0 Å². The molecule has 1 aliphatic carbocycles. The summed E-state index contributed by atoms with van der Waals surface area (Å²) >= 11 is 0. The van der Waals surface area contributed by atoms with Gasteiger partial charge in [0, 0.05) is 6.04 Å². The molecule has 0 heterocycles. The Morgan fingerprint density at radius 2 is 1.88 bits per heavy atom. The third-order valence-electron chi connectivity index (χ3n) is 2.29. The van der Waals surface area contributed by atoms with Crippen molar-refractivity contribution in [2.24, 2.45) is 5.41 Å². The van der Waals surface area contributed by atoms with E-state index in [1.807, 2.05) is 0 Å². The maximum absolute atomic E-state index is 11.6. The first-order valence-electron chi connectivity index (χ1n) is 5.14. The van der Waals surface area contributed by atoms with Crippen molar-refractivity contribution in [3.05, 3.63) is 0 Å². The predicted octanol–water partition coefficient (Wildman–Crippen LogP) is 0.0721. The van der Waals surface area contributed by atoms with Crippen molar-refractivity contribution in [1.29, 1.82) is 0 Å². The minimum atomic E-state index is -3.73. The number of carboxylic acid groups (broad SMARTS) is 1. The average Bonchev–Trinajstić information content (AvgIpc) is 2.80.